The fourth-order valence-electron chi connectivity index (χ4n) is 3.45. The predicted octanol–water partition coefficient (Wildman–Crippen LogP) is 3.14. The monoisotopic (exact) mass is 512 g/mol. The minimum absolute atomic E-state index is 0.197. The third-order valence-electron chi connectivity index (χ3n) is 5.16. The molecule has 2 aromatic rings. The van der Waals surface area contributed by atoms with Crippen LogP contribution in [0.15, 0.2) is 63.7 Å². The van der Waals surface area contributed by atoms with Gasteiger partial charge in [-0.05, 0) is 55.5 Å². The number of allylic oxidation sites excluding steroid dienone is 1. The lowest BCUT2D eigenvalue weighted by molar-refractivity contribution is -0.139. The van der Waals surface area contributed by atoms with Crippen LogP contribution in [0.4, 0.5) is 4.79 Å². The first-order valence-corrected chi connectivity index (χ1v) is 12.3. The highest BCUT2D eigenvalue weighted by Crippen LogP contribution is 2.34. The van der Waals surface area contributed by atoms with Gasteiger partial charge in [-0.3, -0.25) is 4.79 Å². The zero-order chi connectivity index (χ0) is 26.1. The minimum atomic E-state index is -0.747. The molecule has 0 fully saturated rings. The Labute approximate surface area is 213 Å². The Kier molecular flexibility index (Phi) is 9.34. The van der Waals surface area contributed by atoms with Gasteiger partial charge in [0.05, 0.1) is 31.5 Å². The second-order valence-corrected chi connectivity index (χ2v) is 8.44. The summed E-state index contributed by atoms with van der Waals surface area (Å²) < 4.78 is 16.2. The van der Waals surface area contributed by atoms with E-state index in [0.29, 0.717) is 22.8 Å². The van der Waals surface area contributed by atoms with Crippen LogP contribution in [0.2, 0.25) is 0 Å². The second kappa shape index (κ2) is 12.6. The Morgan fingerprint density at radius 2 is 1.92 bits per heavy atom. The van der Waals surface area contributed by atoms with Gasteiger partial charge in [0, 0.05) is 10.6 Å². The number of hydrogen-bond donors (Lipinski definition) is 3. The van der Waals surface area contributed by atoms with Crippen molar-refractivity contribution in [1.29, 1.82) is 0 Å². The minimum Gasteiger partial charge on any atom is -0.493 e. The number of esters is 1. The van der Waals surface area contributed by atoms with Crippen molar-refractivity contribution in [3.63, 3.8) is 0 Å². The van der Waals surface area contributed by atoms with E-state index in [4.69, 9.17) is 14.2 Å². The number of methoxy groups -OCH3 is 1. The molecule has 0 radical (unpaired) electrons. The van der Waals surface area contributed by atoms with Crippen LogP contribution >= 0.6 is 11.8 Å². The van der Waals surface area contributed by atoms with Gasteiger partial charge in [-0.1, -0.05) is 18.2 Å². The molecule has 0 aromatic heterocycles. The van der Waals surface area contributed by atoms with E-state index in [-0.39, 0.29) is 18.8 Å². The third-order valence-corrected chi connectivity index (χ3v) is 5.91. The maximum absolute atomic E-state index is 12.5. The van der Waals surface area contributed by atoms with Crippen LogP contribution < -0.4 is 25.5 Å². The van der Waals surface area contributed by atoms with E-state index < -0.39 is 23.9 Å². The number of ether oxygens (including phenoxy) is 3. The van der Waals surface area contributed by atoms with Crippen LogP contribution in [-0.4, -0.2) is 50.7 Å². The average Bonchev–Trinajstić information content (AvgIpc) is 2.87. The normalized spacial score (nSPS) is 15.2. The van der Waals surface area contributed by atoms with Crippen molar-refractivity contribution < 1.29 is 28.6 Å². The number of thioether (sulfide) groups is 1. The molecule has 2 aromatic carbocycles. The summed E-state index contributed by atoms with van der Waals surface area (Å²) in [5.74, 6) is -0.353. The summed E-state index contributed by atoms with van der Waals surface area (Å²) in [6, 6.07) is 11.5. The third kappa shape index (κ3) is 6.79. The van der Waals surface area contributed by atoms with E-state index >= 15 is 0 Å². The summed E-state index contributed by atoms with van der Waals surface area (Å²) in [4.78, 5) is 37.9. The number of nitrogens with zero attached hydrogens (tertiary/aromatic N) is 1. The standard InChI is InChI=1S/C25H28N4O6S/c1-5-34-24(31)22-15(2)27-25(32)28-23(22)17-8-11-19(20(12-17)33-3)35-14-21(30)29-26-13-16-6-9-18(36-4)10-7-16/h6-13,23H,5,14H2,1-4H3,(H,29,30)(H2,27,28,32)/b26-13+. The Balaban J connectivity index is 1.67. The van der Waals surface area contributed by atoms with Crippen molar-refractivity contribution in [3.05, 3.63) is 64.9 Å². The summed E-state index contributed by atoms with van der Waals surface area (Å²) in [5.41, 5.74) is 4.54. The van der Waals surface area contributed by atoms with Crippen molar-refractivity contribution >= 4 is 35.9 Å². The molecule has 1 aliphatic heterocycles. The first-order chi connectivity index (χ1) is 17.4. The number of rotatable bonds is 10. The quantitative estimate of drug-likeness (QED) is 0.193. The zero-order valence-electron chi connectivity index (χ0n) is 20.4. The Hall–Kier alpha value is -3.99. The van der Waals surface area contributed by atoms with Crippen molar-refractivity contribution in [2.45, 2.75) is 24.8 Å². The van der Waals surface area contributed by atoms with E-state index in [1.165, 1.54) is 7.11 Å². The SMILES string of the molecule is CCOC(=O)C1=C(C)NC(=O)NC1c1ccc(OCC(=O)N/N=C/c2ccc(SC)cc2)c(OC)c1. The summed E-state index contributed by atoms with van der Waals surface area (Å²) >= 11 is 1.64. The molecule has 3 amide bonds. The van der Waals surface area contributed by atoms with Gasteiger partial charge in [0.15, 0.2) is 18.1 Å². The number of benzene rings is 2. The summed E-state index contributed by atoms with van der Waals surface area (Å²) in [6.07, 6.45) is 3.54. The topological polar surface area (TPSA) is 127 Å². The number of amides is 3. The van der Waals surface area contributed by atoms with Gasteiger partial charge in [-0.2, -0.15) is 5.10 Å². The van der Waals surface area contributed by atoms with E-state index in [9.17, 15) is 14.4 Å². The highest BCUT2D eigenvalue weighted by molar-refractivity contribution is 7.98. The molecule has 190 valence electrons. The highest BCUT2D eigenvalue weighted by Gasteiger charge is 2.32. The van der Waals surface area contributed by atoms with Crippen LogP contribution in [0.5, 0.6) is 11.5 Å². The number of carbonyl (C=O) groups is 3. The van der Waals surface area contributed by atoms with Crippen molar-refractivity contribution in [2.75, 3.05) is 26.6 Å². The highest BCUT2D eigenvalue weighted by atomic mass is 32.2. The van der Waals surface area contributed by atoms with Gasteiger partial charge >= 0.3 is 12.0 Å². The van der Waals surface area contributed by atoms with E-state index in [2.05, 4.69) is 21.2 Å². The molecular formula is C25H28N4O6S. The fourth-order valence-corrected chi connectivity index (χ4v) is 3.86. The smallest absolute Gasteiger partial charge is 0.338 e. The largest absolute Gasteiger partial charge is 0.493 e. The Morgan fingerprint density at radius 1 is 1.17 bits per heavy atom. The number of nitrogens with one attached hydrogen (secondary N) is 3. The number of carbonyl (C=O) groups excluding carboxylic acids is 3. The molecule has 0 bridgehead atoms. The number of hydrazone groups is 1. The first kappa shape index (κ1) is 26.6. The lowest BCUT2D eigenvalue weighted by Gasteiger charge is -2.28. The molecule has 0 saturated carbocycles. The summed E-state index contributed by atoms with van der Waals surface area (Å²) in [7, 11) is 1.45. The molecule has 0 saturated heterocycles. The van der Waals surface area contributed by atoms with Gasteiger partial charge in [-0.25, -0.2) is 15.0 Å². The first-order valence-electron chi connectivity index (χ1n) is 11.1. The molecule has 1 unspecified atom stereocenters. The van der Waals surface area contributed by atoms with E-state index in [1.807, 2.05) is 30.5 Å². The Bertz CT molecular complexity index is 1180. The van der Waals surface area contributed by atoms with Crippen molar-refractivity contribution in [1.82, 2.24) is 16.1 Å². The predicted molar refractivity (Wildman–Crippen MR) is 136 cm³/mol. The van der Waals surface area contributed by atoms with Crippen LogP contribution in [0.1, 0.15) is 31.0 Å². The van der Waals surface area contributed by atoms with Crippen molar-refractivity contribution in [3.8, 4) is 11.5 Å². The maximum Gasteiger partial charge on any atom is 0.338 e. The molecule has 1 atom stereocenters. The molecule has 10 nitrogen and oxygen atoms in total. The number of hydrogen-bond acceptors (Lipinski definition) is 8. The lowest BCUT2D eigenvalue weighted by Crippen LogP contribution is -2.45. The summed E-state index contributed by atoms with van der Waals surface area (Å²) in [5, 5.41) is 9.26. The molecule has 36 heavy (non-hydrogen) atoms. The van der Waals surface area contributed by atoms with E-state index in [1.54, 1.807) is 50.0 Å². The lowest BCUT2D eigenvalue weighted by atomic mass is 9.95. The molecule has 11 heteroatoms. The zero-order valence-corrected chi connectivity index (χ0v) is 21.2. The van der Waals surface area contributed by atoms with Crippen LogP contribution in [0.25, 0.3) is 0 Å². The van der Waals surface area contributed by atoms with E-state index in [0.717, 1.165) is 10.5 Å². The molecule has 3 rings (SSSR count). The molecule has 0 aliphatic carbocycles. The van der Waals surface area contributed by atoms with Crippen LogP contribution in [0.3, 0.4) is 0 Å². The molecule has 1 aliphatic rings. The second-order valence-electron chi connectivity index (χ2n) is 7.56. The van der Waals surface area contributed by atoms with Gasteiger partial charge in [-0.15, -0.1) is 11.8 Å². The van der Waals surface area contributed by atoms with Crippen molar-refractivity contribution in [2.24, 2.45) is 5.10 Å². The fraction of sp³-hybridized carbons (Fsp3) is 0.280. The summed E-state index contributed by atoms with van der Waals surface area (Å²) in [6.45, 7) is 3.24. The van der Waals surface area contributed by atoms with Gasteiger partial charge in [0.1, 0.15) is 0 Å². The molecular weight excluding hydrogens is 484 g/mol. The van der Waals surface area contributed by atoms with Crippen LogP contribution in [0, 0.1) is 0 Å². The van der Waals surface area contributed by atoms with Gasteiger partial charge < -0.3 is 24.8 Å². The van der Waals surface area contributed by atoms with Gasteiger partial charge in [0.2, 0.25) is 0 Å². The average molecular weight is 513 g/mol. The molecule has 3 N–H and O–H groups in total. The maximum atomic E-state index is 12.5. The molecule has 1 heterocycles. The van der Waals surface area contributed by atoms with Crippen LogP contribution in [-0.2, 0) is 14.3 Å². The molecule has 0 spiro atoms. The van der Waals surface area contributed by atoms with Gasteiger partial charge in [0.25, 0.3) is 5.91 Å². The number of urea groups is 1. The Morgan fingerprint density at radius 3 is 2.58 bits per heavy atom.